The number of carbonyl (C=O) groups is 1. The van der Waals surface area contributed by atoms with E-state index in [-0.39, 0.29) is 29.5 Å². The Morgan fingerprint density at radius 1 is 1.35 bits per heavy atom. The molecule has 2 aliphatic heterocycles. The minimum Gasteiger partial charge on any atom is -0.507 e. The second-order valence-electron chi connectivity index (χ2n) is 6.78. The van der Waals surface area contributed by atoms with E-state index in [4.69, 9.17) is 0 Å². The number of benzene rings is 1. The van der Waals surface area contributed by atoms with Crippen molar-refractivity contribution in [2.75, 3.05) is 19.3 Å². The lowest BCUT2D eigenvalue weighted by molar-refractivity contribution is -0.125. The molecule has 6 nitrogen and oxygen atoms in total. The molecule has 0 saturated carbocycles. The smallest absolute Gasteiger partial charge is 0.268 e. The van der Waals surface area contributed by atoms with E-state index in [1.54, 1.807) is 20.0 Å². The van der Waals surface area contributed by atoms with Crippen LogP contribution < -0.4 is 5.43 Å². The molecule has 0 aromatic heterocycles. The van der Waals surface area contributed by atoms with Gasteiger partial charge in [0, 0.05) is 24.6 Å². The Labute approximate surface area is 135 Å². The van der Waals surface area contributed by atoms with Crippen LogP contribution in [0.25, 0.3) is 5.76 Å². The van der Waals surface area contributed by atoms with Gasteiger partial charge in [0.15, 0.2) is 9.84 Å². The maximum absolute atomic E-state index is 12.3. The van der Waals surface area contributed by atoms with E-state index < -0.39 is 15.3 Å². The lowest BCUT2D eigenvalue weighted by atomic mass is 9.82. The van der Waals surface area contributed by atoms with Crippen molar-refractivity contribution in [3.8, 4) is 0 Å². The van der Waals surface area contributed by atoms with Crippen LogP contribution in [0.1, 0.15) is 30.5 Å². The maximum atomic E-state index is 12.3. The third-order valence-electron chi connectivity index (χ3n) is 4.59. The molecule has 1 saturated heterocycles. The van der Waals surface area contributed by atoms with Crippen molar-refractivity contribution >= 4 is 21.5 Å². The highest BCUT2D eigenvalue weighted by molar-refractivity contribution is 7.91. The van der Waals surface area contributed by atoms with Gasteiger partial charge in [0.2, 0.25) is 0 Å². The average Bonchev–Trinajstić information content (AvgIpc) is 2.85. The Hall–Kier alpha value is -1.86. The number of likely N-dealkylation sites (N-methyl/N-ethyl adjacent to an activating group) is 1. The molecule has 1 aromatic carbocycles. The van der Waals surface area contributed by atoms with Gasteiger partial charge >= 0.3 is 0 Å². The van der Waals surface area contributed by atoms with Gasteiger partial charge in [-0.15, -0.1) is 0 Å². The minimum absolute atomic E-state index is 0.0557. The fourth-order valence-electron chi connectivity index (χ4n) is 3.56. The number of aliphatic hydroxyl groups is 1. The first kappa shape index (κ1) is 16.0. The minimum atomic E-state index is -3.30. The van der Waals surface area contributed by atoms with E-state index in [9.17, 15) is 18.3 Å². The molecule has 0 spiro atoms. The zero-order valence-corrected chi connectivity index (χ0v) is 14.4. The van der Waals surface area contributed by atoms with Gasteiger partial charge in [-0.2, -0.15) is 0 Å². The van der Waals surface area contributed by atoms with Gasteiger partial charge < -0.3 is 5.11 Å². The van der Waals surface area contributed by atoms with Crippen LogP contribution >= 0.6 is 0 Å². The van der Waals surface area contributed by atoms with Gasteiger partial charge in [-0.25, -0.2) is 13.8 Å². The highest BCUT2D eigenvalue weighted by Gasteiger charge is 2.42. The number of rotatable bonds is 1. The Kier molecular flexibility index (Phi) is 3.35. The molecule has 3 rings (SSSR count). The molecule has 1 aromatic rings. The summed E-state index contributed by atoms with van der Waals surface area (Å²) in [5.74, 6) is -0.318. The zero-order valence-electron chi connectivity index (χ0n) is 13.6. The first-order valence-corrected chi connectivity index (χ1v) is 9.02. The van der Waals surface area contributed by atoms with Crippen LogP contribution in [0.15, 0.2) is 22.6 Å². The molecule has 2 aliphatic rings. The molecule has 1 fully saturated rings. The number of aliphatic hydroxyl groups excluding tert-OH is 1. The fraction of sp³-hybridized carbons (Fsp3) is 0.438. The molecule has 2 heterocycles. The summed E-state index contributed by atoms with van der Waals surface area (Å²) in [5, 5.41) is 11.9. The number of fused-ring (bicyclic) bond motifs is 1. The molecular weight excluding hydrogens is 316 g/mol. The van der Waals surface area contributed by atoms with Gasteiger partial charge in [-0.1, -0.05) is 13.8 Å². The van der Waals surface area contributed by atoms with Crippen LogP contribution in [0.3, 0.4) is 0 Å². The quantitative estimate of drug-likeness (QED) is 0.596. The predicted octanol–water partition coefficient (Wildman–Crippen LogP) is 1.31. The molecule has 124 valence electrons. The lowest BCUT2D eigenvalue weighted by Gasteiger charge is -2.21. The van der Waals surface area contributed by atoms with Crippen molar-refractivity contribution in [1.82, 2.24) is 10.4 Å². The highest BCUT2D eigenvalue weighted by atomic mass is 32.2. The predicted molar refractivity (Wildman–Crippen MR) is 86.6 cm³/mol. The van der Waals surface area contributed by atoms with E-state index in [2.05, 4.69) is 5.43 Å². The summed E-state index contributed by atoms with van der Waals surface area (Å²) in [6.45, 7) is 5.81. The van der Waals surface area contributed by atoms with Crippen LogP contribution in [0.4, 0.5) is 0 Å². The van der Waals surface area contributed by atoms with Gasteiger partial charge in [-0.3, -0.25) is 9.80 Å². The van der Waals surface area contributed by atoms with Crippen LogP contribution in [0.5, 0.6) is 0 Å². The third kappa shape index (κ3) is 2.26. The first-order valence-electron chi connectivity index (χ1n) is 7.37. The molecule has 7 heteroatoms. The molecule has 0 radical (unpaired) electrons. The number of sulfone groups is 1. The Bertz CT molecular complexity index is 853. The molecule has 0 unspecified atom stereocenters. The van der Waals surface area contributed by atoms with Crippen LogP contribution in [0.2, 0.25) is 0 Å². The molecule has 1 amide bonds. The number of amides is 1. The summed E-state index contributed by atoms with van der Waals surface area (Å²) in [6, 6.07) is 3.12. The summed E-state index contributed by atoms with van der Waals surface area (Å²) in [6.07, 6.45) is 0. The van der Waals surface area contributed by atoms with E-state index >= 15 is 0 Å². The number of nitrogens with zero attached hydrogens (tertiary/aromatic N) is 1. The highest BCUT2D eigenvalue weighted by Crippen LogP contribution is 2.43. The molecular formula is C16H20N2O4S. The number of nitrogens with one attached hydrogen (secondary N) is 1. The van der Waals surface area contributed by atoms with Crippen LogP contribution in [0, 0.1) is 6.92 Å². The van der Waals surface area contributed by atoms with Crippen LogP contribution in [-0.4, -0.2) is 43.8 Å². The molecule has 0 aliphatic carbocycles. The van der Waals surface area contributed by atoms with E-state index in [1.165, 1.54) is 11.1 Å². The second kappa shape index (κ2) is 4.82. The molecule has 0 atom stereocenters. The number of hydrogen-bond donors (Lipinski definition) is 2. The third-order valence-corrected chi connectivity index (χ3v) is 6.70. The molecule has 2 N–H and O–H groups in total. The van der Waals surface area contributed by atoms with E-state index in [1.807, 2.05) is 13.8 Å². The normalized spacial score (nSPS) is 24.0. The summed E-state index contributed by atoms with van der Waals surface area (Å²) < 4.78 is 24.6. The number of hydrogen-bond acceptors (Lipinski definition) is 5. The Morgan fingerprint density at radius 2 is 2.00 bits per heavy atom. The van der Waals surface area contributed by atoms with Gasteiger partial charge in [0.1, 0.15) is 5.76 Å². The summed E-state index contributed by atoms with van der Waals surface area (Å²) in [5.41, 5.74) is 4.56. The molecule has 23 heavy (non-hydrogen) atoms. The van der Waals surface area contributed by atoms with Crippen molar-refractivity contribution in [3.63, 3.8) is 0 Å². The summed E-state index contributed by atoms with van der Waals surface area (Å²) in [4.78, 5) is 12.4. The topological polar surface area (TPSA) is 86.7 Å². The van der Waals surface area contributed by atoms with E-state index in [0.29, 0.717) is 16.0 Å². The largest absolute Gasteiger partial charge is 0.507 e. The van der Waals surface area contributed by atoms with E-state index in [0.717, 1.165) is 5.56 Å². The van der Waals surface area contributed by atoms with Gasteiger partial charge in [0.05, 0.1) is 16.2 Å². The Morgan fingerprint density at radius 3 is 2.57 bits per heavy atom. The average molecular weight is 336 g/mol. The zero-order chi connectivity index (χ0) is 17.2. The van der Waals surface area contributed by atoms with Gasteiger partial charge in [0.25, 0.3) is 5.91 Å². The first-order chi connectivity index (χ1) is 10.6. The van der Waals surface area contributed by atoms with Crippen molar-refractivity contribution in [2.24, 2.45) is 0 Å². The SMILES string of the molecule is Cc1c(/C(O)=C2/CNN(C)C2=O)ccc2c1C(C)(C)CS2(=O)=O. The Balaban J connectivity index is 2.23. The van der Waals surface area contributed by atoms with Crippen molar-refractivity contribution in [1.29, 1.82) is 0 Å². The number of carbonyl (C=O) groups excluding carboxylic acids is 1. The van der Waals surface area contributed by atoms with Crippen molar-refractivity contribution < 1.29 is 18.3 Å². The second-order valence-corrected chi connectivity index (χ2v) is 8.74. The van der Waals surface area contributed by atoms with Crippen LogP contribution in [-0.2, 0) is 20.0 Å². The monoisotopic (exact) mass is 336 g/mol. The summed E-state index contributed by atoms with van der Waals surface area (Å²) >= 11 is 0. The molecule has 0 bridgehead atoms. The standard InChI is InChI=1S/C16H20N2O4S/c1-9-10(14(19)11-7-17-18(4)15(11)20)5-6-12-13(9)16(2,3)8-23(12,21)22/h5-6,17,19H,7-8H2,1-4H3/b14-11+. The van der Waals surface area contributed by atoms with Gasteiger partial charge in [-0.05, 0) is 30.2 Å². The lowest BCUT2D eigenvalue weighted by Crippen LogP contribution is -2.29. The number of hydrazine groups is 1. The maximum Gasteiger partial charge on any atom is 0.268 e. The fourth-order valence-corrected chi connectivity index (χ4v) is 5.83. The van der Waals surface area contributed by atoms with Crippen molar-refractivity contribution in [3.05, 3.63) is 34.4 Å². The van der Waals surface area contributed by atoms with Crippen molar-refractivity contribution in [2.45, 2.75) is 31.1 Å². The summed E-state index contributed by atoms with van der Waals surface area (Å²) in [7, 11) is -1.71.